The number of aryl methyl sites for hydroxylation is 1. The number of anilines is 1. The quantitative estimate of drug-likeness (QED) is 0.379. The first-order valence-corrected chi connectivity index (χ1v) is 5.77. The molecule has 0 aliphatic carbocycles. The number of nitro benzene ring substituents is 1. The molecule has 0 fully saturated rings. The van der Waals surface area contributed by atoms with Gasteiger partial charge < -0.3 is 5.84 Å². The third-order valence-corrected chi connectivity index (χ3v) is 2.77. The molecule has 0 saturated heterocycles. The van der Waals surface area contributed by atoms with Crippen molar-refractivity contribution >= 4 is 29.5 Å². The number of rotatable bonds is 4. The topological polar surface area (TPSA) is 124 Å². The van der Waals surface area contributed by atoms with E-state index in [2.05, 4.69) is 20.7 Å². The minimum Gasteiger partial charge on any atom is -0.335 e. The Morgan fingerprint density at radius 1 is 1.55 bits per heavy atom. The molecule has 0 radical (unpaired) electrons. The van der Waals surface area contributed by atoms with Crippen molar-refractivity contribution in [1.29, 1.82) is 0 Å². The summed E-state index contributed by atoms with van der Waals surface area (Å²) in [5.41, 5.74) is 2.88. The van der Waals surface area contributed by atoms with Crippen LogP contribution in [0.25, 0.3) is 0 Å². The normalized spacial score (nSPS) is 10.9. The standard InChI is InChI=1S/C10H10ClN7O2/c1-6-14-16-10(17(6)12)15-13-5-7-4-8(18(19)20)2-3-9(7)11/h2-5H,12H2,1H3,(H,15,16)/b13-5+. The molecular weight excluding hydrogens is 286 g/mol. The van der Waals surface area contributed by atoms with E-state index >= 15 is 0 Å². The van der Waals surface area contributed by atoms with E-state index < -0.39 is 4.92 Å². The van der Waals surface area contributed by atoms with E-state index in [4.69, 9.17) is 17.4 Å². The fraction of sp³-hybridized carbons (Fsp3) is 0.100. The van der Waals surface area contributed by atoms with Crippen molar-refractivity contribution in [3.63, 3.8) is 0 Å². The van der Waals surface area contributed by atoms with Crippen LogP contribution < -0.4 is 11.3 Å². The van der Waals surface area contributed by atoms with Gasteiger partial charge in [0, 0.05) is 22.7 Å². The van der Waals surface area contributed by atoms with Crippen LogP contribution in [0.2, 0.25) is 5.02 Å². The predicted molar refractivity (Wildman–Crippen MR) is 74.2 cm³/mol. The van der Waals surface area contributed by atoms with Crippen LogP contribution in [0, 0.1) is 17.0 Å². The maximum absolute atomic E-state index is 10.7. The van der Waals surface area contributed by atoms with Crippen molar-refractivity contribution in [1.82, 2.24) is 14.9 Å². The van der Waals surface area contributed by atoms with Gasteiger partial charge in [-0.15, -0.1) is 10.2 Å². The fourth-order valence-electron chi connectivity index (χ4n) is 1.35. The number of nitrogen functional groups attached to an aromatic ring is 1. The Balaban J connectivity index is 2.17. The highest BCUT2D eigenvalue weighted by Crippen LogP contribution is 2.20. The van der Waals surface area contributed by atoms with E-state index in [1.54, 1.807) is 6.92 Å². The molecule has 0 spiro atoms. The molecule has 1 aromatic carbocycles. The second kappa shape index (κ2) is 5.53. The molecule has 0 atom stereocenters. The highest BCUT2D eigenvalue weighted by Gasteiger charge is 2.08. The van der Waals surface area contributed by atoms with E-state index in [0.717, 1.165) is 0 Å². The lowest BCUT2D eigenvalue weighted by Gasteiger charge is -2.00. The number of halogens is 1. The Morgan fingerprint density at radius 2 is 2.30 bits per heavy atom. The molecule has 1 heterocycles. The number of hydrogen-bond donors (Lipinski definition) is 2. The Kier molecular flexibility index (Phi) is 3.80. The van der Waals surface area contributed by atoms with Gasteiger partial charge in [-0.1, -0.05) is 11.6 Å². The molecule has 20 heavy (non-hydrogen) atoms. The van der Waals surface area contributed by atoms with E-state index in [0.29, 0.717) is 16.4 Å². The summed E-state index contributed by atoms with van der Waals surface area (Å²) >= 11 is 5.92. The third-order valence-electron chi connectivity index (χ3n) is 2.42. The van der Waals surface area contributed by atoms with Gasteiger partial charge >= 0.3 is 0 Å². The Morgan fingerprint density at radius 3 is 2.90 bits per heavy atom. The maximum atomic E-state index is 10.7. The van der Waals surface area contributed by atoms with Crippen molar-refractivity contribution in [2.24, 2.45) is 5.10 Å². The number of benzene rings is 1. The molecule has 0 aliphatic rings. The van der Waals surface area contributed by atoms with Crippen LogP contribution >= 0.6 is 11.6 Å². The van der Waals surface area contributed by atoms with Crippen molar-refractivity contribution in [2.45, 2.75) is 6.92 Å². The van der Waals surface area contributed by atoms with Crippen LogP contribution in [-0.2, 0) is 0 Å². The molecule has 0 unspecified atom stereocenters. The Labute approximate surface area is 118 Å². The molecule has 0 bridgehead atoms. The van der Waals surface area contributed by atoms with Gasteiger partial charge in [-0.05, 0) is 13.0 Å². The zero-order chi connectivity index (χ0) is 14.7. The third kappa shape index (κ3) is 2.83. The number of hydrogen-bond acceptors (Lipinski definition) is 7. The lowest BCUT2D eigenvalue weighted by molar-refractivity contribution is -0.384. The zero-order valence-corrected chi connectivity index (χ0v) is 11.1. The van der Waals surface area contributed by atoms with Crippen LogP contribution in [-0.4, -0.2) is 26.0 Å². The van der Waals surface area contributed by atoms with Gasteiger partial charge in [0.1, 0.15) is 0 Å². The molecule has 0 aliphatic heterocycles. The molecule has 0 saturated carbocycles. The summed E-state index contributed by atoms with van der Waals surface area (Å²) in [4.78, 5) is 10.2. The van der Waals surface area contributed by atoms with Crippen molar-refractivity contribution < 1.29 is 4.92 Å². The highest BCUT2D eigenvalue weighted by atomic mass is 35.5. The van der Waals surface area contributed by atoms with Gasteiger partial charge in [0.25, 0.3) is 11.6 Å². The molecule has 1 aromatic heterocycles. The molecule has 2 aromatic rings. The number of nitrogens with one attached hydrogen (secondary N) is 1. The molecule has 3 N–H and O–H groups in total. The summed E-state index contributed by atoms with van der Waals surface area (Å²) in [5, 5.41) is 22.3. The second-order valence-corrected chi connectivity index (χ2v) is 4.18. The van der Waals surface area contributed by atoms with Gasteiger partial charge in [-0.3, -0.25) is 10.1 Å². The van der Waals surface area contributed by atoms with Gasteiger partial charge in [0.15, 0.2) is 5.82 Å². The summed E-state index contributed by atoms with van der Waals surface area (Å²) in [6.07, 6.45) is 1.33. The predicted octanol–water partition coefficient (Wildman–Crippen LogP) is 1.31. The smallest absolute Gasteiger partial charge is 0.270 e. The number of nitrogens with zero attached hydrogens (tertiary/aromatic N) is 5. The van der Waals surface area contributed by atoms with Crippen LogP contribution in [0.4, 0.5) is 11.6 Å². The molecule has 10 heteroatoms. The summed E-state index contributed by atoms with van der Waals surface area (Å²) in [6.45, 7) is 1.68. The van der Waals surface area contributed by atoms with Gasteiger partial charge in [0.2, 0.25) is 0 Å². The van der Waals surface area contributed by atoms with Crippen molar-refractivity contribution in [3.8, 4) is 0 Å². The van der Waals surface area contributed by atoms with Gasteiger partial charge in [-0.2, -0.15) is 5.10 Å². The van der Waals surface area contributed by atoms with Crippen LogP contribution in [0.15, 0.2) is 23.3 Å². The first kappa shape index (κ1) is 13.7. The average Bonchev–Trinajstić information content (AvgIpc) is 2.72. The van der Waals surface area contributed by atoms with E-state index in [9.17, 15) is 10.1 Å². The number of nitro groups is 1. The van der Waals surface area contributed by atoms with Crippen LogP contribution in [0.5, 0.6) is 0 Å². The summed E-state index contributed by atoms with van der Waals surface area (Å²) < 4.78 is 1.21. The maximum Gasteiger partial charge on any atom is 0.270 e. The molecule has 0 amide bonds. The average molecular weight is 296 g/mol. The minimum atomic E-state index is -0.513. The highest BCUT2D eigenvalue weighted by molar-refractivity contribution is 6.33. The SMILES string of the molecule is Cc1nnc(N/N=C/c2cc([N+](=O)[O-])ccc2Cl)n1N. The number of non-ortho nitro benzene ring substituents is 1. The van der Waals surface area contributed by atoms with E-state index in [1.807, 2.05) is 0 Å². The number of nitrogens with two attached hydrogens (primary N) is 1. The van der Waals surface area contributed by atoms with Crippen molar-refractivity contribution in [2.75, 3.05) is 11.3 Å². The molecule has 2 rings (SSSR count). The van der Waals surface area contributed by atoms with Crippen LogP contribution in [0.1, 0.15) is 11.4 Å². The summed E-state index contributed by atoms with van der Waals surface area (Å²) in [5.74, 6) is 6.36. The Bertz CT molecular complexity index is 682. The Hall–Kier alpha value is -2.68. The van der Waals surface area contributed by atoms with Crippen molar-refractivity contribution in [3.05, 3.63) is 44.7 Å². The second-order valence-electron chi connectivity index (χ2n) is 3.77. The number of aromatic nitrogens is 3. The number of hydrazone groups is 1. The molecule has 104 valence electrons. The summed E-state index contributed by atoms with van der Waals surface area (Å²) in [6, 6.07) is 4.05. The monoisotopic (exact) mass is 295 g/mol. The van der Waals surface area contributed by atoms with Crippen LogP contribution in [0.3, 0.4) is 0 Å². The summed E-state index contributed by atoms with van der Waals surface area (Å²) in [7, 11) is 0. The van der Waals surface area contributed by atoms with Gasteiger partial charge in [-0.25, -0.2) is 10.1 Å². The van der Waals surface area contributed by atoms with Gasteiger partial charge in [0.05, 0.1) is 11.1 Å². The first-order chi connectivity index (χ1) is 9.49. The molecule has 9 nitrogen and oxygen atoms in total. The molecular formula is C10H10ClN7O2. The fourth-order valence-corrected chi connectivity index (χ4v) is 1.52. The van der Waals surface area contributed by atoms with E-state index in [1.165, 1.54) is 29.1 Å². The largest absolute Gasteiger partial charge is 0.335 e. The zero-order valence-electron chi connectivity index (χ0n) is 10.3. The lowest BCUT2D eigenvalue weighted by atomic mass is 10.2. The lowest BCUT2D eigenvalue weighted by Crippen LogP contribution is -2.13. The van der Waals surface area contributed by atoms with E-state index in [-0.39, 0.29) is 11.6 Å². The first-order valence-electron chi connectivity index (χ1n) is 5.39. The minimum absolute atomic E-state index is 0.0753.